The largest absolute Gasteiger partial charge is 0.243 e. The fourth-order valence-corrected chi connectivity index (χ4v) is 2.75. The summed E-state index contributed by atoms with van der Waals surface area (Å²) >= 11 is 8.82. The van der Waals surface area contributed by atoms with Gasteiger partial charge in [0.2, 0.25) is 0 Å². The Morgan fingerprint density at radius 3 is 2.83 bits per heavy atom. The molecule has 0 spiro atoms. The molecule has 1 heterocycles. The van der Waals surface area contributed by atoms with Crippen molar-refractivity contribution in [2.45, 2.75) is 20.3 Å². The van der Waals surface area contributed by atoms with Crippen LogP contribution in [0.5, 0.6) is 0 Å². The summed E-state index contributed by atoms with van der Waals surface area (Å²) in [6.07, 6.45) is 2.73. The third-order valence-electron chi connectivity index (χ3n) is 1.92. The Bertz CT molecular complexity index is 438. The van der Waals surface area contributed by atoms with Crippen LogP contribution >= 0.6 is 34.7 Å². The van der Waals surface area contributed by atoms with Gasteiger partial charge in [-0.1, -0.05) is 6.58 Å². The van der Waals surface area contributed by atoms with Gasteiger partial charge in [-0.25, -0.2) is 4.98 Å². The highest BCUT2D eigenvalue weighted by atomic mass is 35.5. The minimum atomic E-state index is 0.680. The number of nitrogens with zero attached hydrogens (tertiary/aromatic N) is 3. The van der Waals surface area contributed by atoms with Gasteiger partial charge in [0.15, 0.2) is 0 Å². The molecule has 0 unspecified atom stereocenters. The molecule has 0 fully saturated rings. The Hall–Kier alpha value is -0.650. The van der Waals surface area contributed by atoms with Crippen molar-refractivity contribution in [2.75, 3.05) is 11.6 Å². The SMILES string of the molecule is C=C(C)/C(=N\N=C(/C)SCCCCl)c1nccs1. The van der Waals surface area contributed by atoms with Crippen LogP contribution < -0.4 is 0 Å². The van der Waals surface area contributed by atoms with Crippen molar-refractivity contribution in [3.8, 4) is 0 Å². The van der Waals surface area contributed by atoms with Crippen LogP contribution in [0.15, 0.2) is 33.9 Å². The van der Waals surface area contributed by atoms with Crippen LogP contribution in [0.1, 0.15) is 25.3 Å². The average Bonchev–Trinajstić information content (AvgIpc) is 2.83. The van der Waals surface area contributed by atoms with E-state index in [2.05, 4.69) is 21.8 Å². The molecular weight excluding hydrogens is 286 g/mol. The number of hydrogen-bond donors (Lipinski definition) is 0. The second kappa shape index (κ2) is 8.45. The Labute approximate surface area is 121 Å². The number of thiazole rings is 1. The van der Waals surface area contributed by atoms with E-state index in [1.807, 2.05) is 19.2 Å². The maximum Gasteiger partial charge on any atom is 0.143 e. The van der Waals surface area contributed by atoms with E-state index in [4.69, 9.17) is 11.6 Å². The smallest absolute Gasteiger partial charge is 0.143 e. The predicted molar refractivity (Wildman–Crippen MR) is 84.4 cm³/mol. The second-order valence-corrected chi connectivity index (χ2v) is 6.14. The number of alkyl halides is 1. The molecule has 0 N–H and O–H groups in total. The minimum absolute atomic E-state index is 0.680. The van der Waals surface area contributed by atoms with Gasteiger partial charge in [0.1, 0.15) is 10.7 Å². The summed E-state index contributed by atoms with van der Waals surface area (Å²) < 4.78 is 0. The van der Waals surface area contributed by atoms with Crippen LogP contribution in [0, 0.1) is 0 Å². The molecule has 0 saturated carbocycles. The lowest BCUT2D eigenvalue weighted by Gasteiger charge is -2.00. The minimum Gasteiger partial charge on any atom is -0.243 e. The molecule has 0 aliphatic heterocycles. The summed E-state index contributed by atoms with van der Waals surface area (Å²) in [6.45, 7) is 7.76. The normalized spacial score (nSPS) is 12.8. The highest BCUT2D eigenvalue weighted by molar-refractivity contribution is 8.13. The Kier molecular flexibility index (Phi) is 7.23. The molecule has 1 rings (SSSR count). The van der Waals surface area contributed by atoms with E-state index < -0.39 is 0 Å². The van der Waals surface area contributed by atoms with Gasteiger partial charge in [-0.3, -0.25) is 0 Å². The number of aromatic nitrogens is 1. The second-order valence-electron chi connectivity index (χ2n) is 3.58. The molecule has 0 amide bonds. The lowest BCUT2D eigenvalue weighted by atomic mass is 10.2. The van der Waals surface area contributed by atoms with Crippen molar-refractivity contribution >= 4 is 45.5 Å². The summed E-state index contributed by atoms with van der Waals surface area (Å²) in [4.78, 5) is 4.22. The van der Waals surface area contributed by atoms with Gasteiger partial charge in [0.25, 0.3) is 0 Å². The quantitative estimate of drug-likeness (QED) is 0.259. The number of thioether (sulfide) groups is 1. The van der Waals surface area contributed by atoms with E-state index in [9.17, 15) is 0 Å². The number of allylic oxidation sites excluding steroid dienone is 1. The van der Waals surface area contributed by atoms with E-state index in [0.29, 0.717) is 5.88 Å². The third-order valence-corrected chi connectivity index (χ3v) is 3.96. The molecule has 1 aromatic heterocycles. The number of hydrogen-bond acceptors (Lipinski definition) is 5. The molecule has 3 nitrogen and oxygen atoms in total. The Morgan fingerprint density at radius 1 is 1.50 bits per heavy atom. The van der Waals surface area contributed by atoms with Crippen molar-refractivity contribution in [3.63, 3.8) is 0 Å². The summed E-state index contributed by atoms with van der Waals surface area (Å²) in [6, 6.07) is 0. The van der Waals surface area contributed by atoms with Gasteiger partial charge in [0.05, 0.1) is 5.04 Å². The topological polar surface area (TPSA) is 37.6 Å². The fraction of sp³-hybridized carbons (Fsp3) is 0.417. The maximum atomic E-state index is 5.62. The van der Waals surface area contributed by atoms with Gasteiger partial charge in [-0.2, -0.15) is 0 Å². The number of halogens is 1. The summed E-state index contributed by atoms with van der Waals surface area (Å²) in [5.41, 5.74) is 1.62. The molecular formula is C12H16ClN3S2. The van der Waals surface area contributed by atoms with Crippen LogP contribution in [-0.2, 0) is 0 Å². The fourth-order valence-electron chi connectivity index (χ4n) is 1.07. The van der Waals surface area contributed by atoms with Gasteiger partial charge in [-0.15, -0.1) is 44.9 Å². The van der Waals surface area contributed by atoms with Crippen molar-refractivity contribution in [3.05, 3.63) is 28.7 Å². The van der Waals surface area contributed by atoms with Crippen LogP contribution in [0.4, 0.5) is 0 Å². The standard InChI is InChI=1S/C12H16ClN3S2/c1-9(2)11(12-14-6-8-18-12)16-15-10(3)17-7-4-5-13/h6,8H,1,4-5,7H2,2-3H3/b15-10+,16-11+. The van der Waals surface area contributed by atoms with Crippen molar-refractivity contribution in [2.24, 2.45) is 10.2 Å². The van der Waals surface area contributed by atoms with Crippen molar-refractivity contribution in [1.82, 2.24) is 4.98 Å². The van der Waals surface area contributed by atoms with Crippen molar-refractivity contribution < 1.29 is 0 Å². The summed E-state index contributed by atoms with van der Waals surface area (Å²) in [5, 5.41) is 12.1. The Morgan fingerprint density at radius 2 is 2.28 bits per heavy atom. The van der Waals surface area contributed by atoms with E-state index in [1.54, 1.807) is 18.0 Å². The maximum absolute atomic E-state index is 5.62. The molecule has 0 bridgehead atoms. The first-order valence-electron chi connectivity index (χ1n) is 5.52. The zero-order valence-electron chi connectivity index (χ0n) is 10.5. The zero-order valence-corrected chi connectivity index (χ0v) is 12.9. The lowest BCUT2D eigenvalue weighted by molar-refractivity contribution is 1.12. The molecule has 0 aromatic carbocycles. The van der Waals surface area contributed by atoms with Gasteiger partial charge in [-0.05, 0) is 25.8 Å². The lowest BCUT2D eigenvalue weighted by Crippen LogP contribution is -2.01. The highest BCUT2D eigenvalue weighted by Crippen LogP contribution is 2.13. The third kappa shape index (κ3) is 5.33. The van der Waals surface area contributed by atoms with Crippen LogP contribution in [0.3, 0.4) is 0 Å². The van der Waals surface area contributed by atoms with Gasteiger partial charge in [0, 0.05) is 23.2 Å². The van der Waals surface area contributed by atoms with E-state index in [1.165, 1.54) is 11.3 Å². The zero-order chi connectivity index (χ0) is 13.4. The molecule has 18 heavy (non-hydrogen) atoms. The van der Waals surface area contributed by atoms with E-state index in [0.717, 1.165) is 33.5 Å². The van der Waals surface area contributed by atoms with Gasteiger partial charge < -0.3 is 0 Å². The molecule has 98 valence electrons. The monoisotopic (exact) mass is 301 g/mol. The molecule has 0 aliphatic rings. The average molecular weight is 302 g/mol. The molecule has 6 heteroatoms. The first-order valence-corrected chi connectivity index (χ1v) is 7.92. The van der Waals surface area contributed by atoms with Crippen LogP contribution in [0.25, 0.3) is 0 Å². The predicted octanol–water partition coefficient (Wildman–Crippen LogP) is 4.20. The first-order chi connectivity index (χ1) is 8.65. The Balaban J connectivity index is 2.72. The number of rotatable bonds is 6. The summed E-state index contributed by atoms with van der Waals surface area (Å²) in [7, 11) is 0. The molecule has 0 atom stereocenters. The first kappa shape index (κ1) is 15.4. The molecule has 1 aromatic rings. The van der Waals surface area contributed by atoms with E-state index >= 15 is 0 Å². The highest BCUT2D eigenvalue weighted by Gasteiger charge is 2.07. The van der Waals surface area contributed by atoms with Crippen LogP contribution in [-0.4, -0.2) is 27.4 Å². The van der Waals surface area contributed by atoms with Crippen LogP contribution in [0.2, 0.25) is 0 Å². The van der Waals surface area contributed by atoms with Gasteiger partial charge >= 0.3 is 0 Å². The summed E-state index contributed by atoms with van der Waals surface area (Å²) in [5.74, 6) is 1.65. The van der Waals surface area contributed by atoms with Crippen molar-refractivity contribution in [1.29, 1.82) is 0 Å². The molecule has 0 radical (unpaired) electrons. The molecule has 0 aliphatic carbocycles. The molecule has 0 saturated heterocycles. The van der Waals surface area contributed by atoms with E-state index in [-0.39, 0.29) is 0 Å².